The average molecular weight is 253 g/mol. The third-order valence-corrected chi connectivity index (χ3v) is 2.24. The van der Waals surface area contributed by atoms with E-state index in [1.165, 1.54) is 0 Å². The SMILES string of the molecule is CCCNC(c1cc(F)c(F)cc1F)C(F)F. The Morgan fingerprint density at radius 2 is 1.65 bits per heavy atom. The molecule has 0 saturated carbocycles. The summed E-state index contributed by atoms with van der Waals surface area (Å²) in [6, 6.07) is -0.900. The van der Waals surface area contributed by atoms with Gasteiger partial charge < -0.3 is 5.32 Å². The van der Waals surface area contributed by atoms with Crippen molar-refractivity contribution >= 4 is 0 Å². The van der Waals surface area contributed by atoms with E-state index in [4.69, 9.17) is 0 Å². The lowest BCUT2D eigenvalue weighted by atomic mass is 10.1. The van der Waals surface area contributed by atoms with Crippen molar-refractivity contribution in [1.82, 2.24) is 5.32 Å². The number of alkyl halides is 2. The third-order valence-electron chi connectivity index (χ3n) is 2.24. The van der Waals surface area contributed by atoms with Crippen molar-refractivity contribution < 1.29 is 22.0 Å². The highest BCUT2D eigenvalue weighted by atomic mass is 19.3. The highest BCUT2D eigenvalue weighted by Crippen LogP contribution is 2.25. The van der Waals surface area contributed by atoms with E-state index in [2.05, 4.69) is 5.32 Å². The van der Waals surface area contributed by atoms with Crippen LogP contribution in [-0.2, 0) is 0 Å². The van der Waals surface area contributed by atoms with Crippen LogP contribution in [0.3, 0.4) is 0 Å². The van der Waals surface area contributed by atoms with Crippen molar-refractivity contribution in [3.8, 4) is 0 Å². The summed E-state index contributed by atoms with van der Waals surface area (Å²) in [6.45, 7) is 1.98. The predicted molar refractivity (Wildman–Crippen MR) is 53.4 cm³/mol. The molecule has 1 N–H and O–H groups in total. The van der Waals surface area contributed by atoms with Crippen LogP contribution >= 0.6 is 0 Å². The van der Waals surface area contributed by atoms with E-state index in [0.717, 1.165) is 0 Å². The van der Waals surface area contributed by atoms with Crippen LogP contribution in [0, 0.1) is 17.5 Å². The lowest BCUT2D eigenvalue weighted by molar-refractivity contribution is 0.0965. The maximum absolute atomic E-state index is 13.3. The van der Waals surface area contributed by atoms with Gasteiger partial charge in [-0.3, -0.25) is 0 Å². The lowest BCUT2D eigenvalue weighted by Gasteiger charge is -2.18. The number of hydrogen-bond donors (Lipinski definition) is 1. The molecule has 6 heteroatoms. The maximum atomic E-state index is 13.3. The second-order valence-electron chi connectivity index (χ2n) is 3.55. The number of benzene rings is 1. The van der Waals surface area contributed by atoms with Crippen molar-refractivity contribution in [3.05, 3.63) is 35.1 Å². The van der Waals surface area contributed by atoms with Crippen LogP contribution in [0.1, 0.15) is 24.9 Å². The molecule has 0 amide bonds. The summed E-state index contributed by atoms with van der Waals surface area (Å²) in [5, 5.41) is 2.39. The highest BCUT2D eigenvalue weighted by Gasteiger charge is 2.26. The van der Waals surface area contributed by atoms with Crippen molar-refractivity contribution in [2.75, 3.05) is 6.54 Å². The maximum Gasteiger partial charge on any atom is 0.257 e. The summed E-state index contributed by atoms with van der Waals surface area (Å²) in [5.41, 5.74) is -0.563. The second-order valence-corrected chi connectivity index (χ2v) is 3.55. The Labute approximate surface area is 95.6 Å². The van der Waals surface area contributed by atoms with Crippen LogP contribution in [0.25, 0.3) is 0 Å². The van der Waals surface area contributed by atoms with Crippen LogP contribution < -0.4 is 5.32 Å². The Hall–Kier alpha value is -1.17. The standard InChI is InChI=1S/C11H12F5N/c1-2-3-17-10(11(15)16)6-4-8(13)9(14)5-7(6)12/h4-5,10-11,17H,2-3H2,1H3. The molecule has 1 unspecified atom stereocenters. The molecular formula is C11H12F5N. The van der Waals surface area contributed by atoms with Gasteiger partial charge >= 0.3 is 0 Å². The van der Waals surface area contributed by atoms with Gasteiger partial charge in [-0.05, 0) is 19.0 Å². The average Bonchev–Trinajstić information content (AvgIpc) is 2.25. The molecular weight excluding hydrogens is 241 g/mol. The largest absolute Gasteiger partial charge is 0.305 e. The molecule has 0 saturated heterocycles. The molecule has 0 aliphatic heterocycles. The Morgan fingerprint density at radius 3 is 2.18 bits per heavy atom. The molecule has 1 nitrogen and oxygen atoms in total. The fourth-order valence-corrected chi connectivity index (χ4v) is 1.41. The molecule has 96 valence electrons. The molecule has 0 aliphatic rings. The zero-order valence-corrected chi connectivity index (χ0v) is 9.11. The first-order chi connectivity index (χ1) is 7.97. The van der Waals surface area contributed by atoms with Gasteiger partial charge in [-0.1, -0.05) is 6.92 Å². The minimum absolute atomic E-state index is 0.230. The van der Waals surface area contributed by atoms with Crippen LogP contribution in [0.4, 0.5) is 22.0 Å². The summed E-state index contributed by atoms with van der Waals surface area (Å²) < 4.78 is 64.2. The van der Waals surface area contributed by atoms with E-state index in [1.54, 1.807) is 6.92 Å². The molecule has 1 rings (SSSR count). The Morgan fingerprint density at radius 1 is 1.06 bits per heavy atom. The molecule has 1 aromatic carbocycles. The summed E-state index contributed by atoms with van der Waals surface area (Å²) in [7, 11) is 0. The predicted octanol–water partition coefficient (Wildman–Crippen LogP) is 3.41. The van der Waals surface area contributed by atoms with Crippen molar-refractivity contribution in [2.24, 2.45) is 0 Å². The number of hydrogen-bond acceptors (Lipinski definition) is 1. The summed E-state index contributed by atoms with van der Waals surface area (Å²) in [6.07, 6.45) is -2.34. The first kappa shape index (κ1) is 13.9. The van der Waals surface area contributed by atoms with Gasteiger partial charge in [0, 0.05) is 11.6 Å². The first-order valence-corrected chi connectivity index (χ1v) is 5.13. The van der Waals surface area contributed by atoms with Crippen LogP contribution in [0.2, 0.25) is 0 Å². The summed E-state index contributed by atoms with van der Waals surface area (Å²) in [5.74, 6) is -3.92. The molecule has 0 aromatic heterocycles. The van der Waals surface area contributed by atoms with Crippen molar-refractivity contribution in [1.29, 1.82) is 0 Å². The Balaban J connectivity index is 3.05. The van der Waals surface area contributed by atoms with Crippen molar-refractivity contribution in [2.45, 2.75) is 25.8 Å². The monoisotopic (exact) mass is 253 g/mol. The molecule has 1 aromatic rings. The molecule has 17 heavy (non-hydrogen) atoms. The Kier molecular flexibility index (Phi) is 4.86. The molecule has 0 bridgehead atoms. The molecule has 0 radical (unpaired) electrons. The fraction of sp³-hybridized carbons (Fsp3) is 0.455. The van der Waals surface area contributed by atoms with Gasteiger partial charge in [0.25, 0.3) is 6.43 Å². The Bertz CT molecular complexity index is 380. The number of nitrogens with one attached hydrogen (secondary N) is 1. The second kappa shape index (κ2) is 5.95. The van der Waals surface area contributed by atoms with E-state index in [9.17, 15) is 22.0 Å². The lowest BCUT2D eigenvalue weighted by Crippen LogP contribution is -2.29. The van der Waals surface area contributed by atoms with Crippen LogP contribution in [-0.4, -0.2) is 13.0 Å². The smallest absolute Gasteiger partial charge is 0.257 e. The molecule has 0 heterocycles. The molecule has 1 atom stereocenters. The van der Waals surface area contributed by atoms with Gasteiger partial charge in [-0.15, -0.1) is 0 Å². The third kappa shape index (κ3) is 3.39. The quantitative estimate of drug-likeness (QED) is 0.626. The van der Waals surface area contributed by atoms with E-state index >= 15 is 0 Å². The van der Waals surface area contributed by atoms with Gasteiger partial charge in [0.05, 0.1) is 6.04 Å². The highest BCUT2D eigenvalue weighted by molar-refractivity contribution is 5.24. The van der Waals surface area contributed by atoms with E-state index in [1.807, 2.05) is 0 Å². The zero-order valence-electron chi connectivity index (χ0n) is 9.11. The topological polar surface area (TPSA) is 12.0 Å². The minimum atomic E-state index is -2.90. The zero-order chi connectivity index (χ0) is 13.0. The normalized spacial score (nSPS) is 13.1. The minimum Gasteiger partial charge on any atom is -0.305 e. The van der Waals surface area contributed by atoms with Crippen LogP contribution in [0.5, 0.6) is 0 Å². The molecule has 0 fully saturated rings. The van der Waals surface area contributed by atoms with Gasteiger partial charge in [0.2, 0.25) is 0 Å². The van der Waals surface area contributed by atoms with Gasteiger partial charge in [-0.25, -0.2) is 22.0 Å². The molecule has 0 aliphatic carbocycles. The van der Waals surface area contributed by atoms with E-state index in [0.29, 0.717) is 12.5 Å². The fourth-order valence-electron chi connectivity index (χ4n) is 1.41. The van der Waals surface area contributed by atoms with E-state index in [-0.39, 0.29) is 12.6 Å². The van der Waals surface area contributed by atoms with E-state index < -0.39 is 35.5 Å². The number of halogens is 5. The molecule has 0 spiro atoms. The van der Waals surface area contributed by atoms with Crippen molar-refractivity contribution in [3.63, 3.8) is 0 Å². The summed E-state index contributed by atoms with van der Waals surface area (Å²) >= 11 is 0. The summed E-state index contributed by atoms with van der Waals surface area (Å²) in [4.78, 5) is 0. The first-order valence-electron chi connectivity index (χ1n) is 5.13. The number of rotatable bonds is 5. The van der Waals surface area contributed by atoms with Crippen LogP contribution in [0.15, 0.2) is 12.1 Å². The van der Waals surface area contributed by atoms with Gasteiger partial charge in [-0.2, -0.15) is 0 Å². The van der Waals surface area contributed by atoms with Gasteiger partial charge in [0.1, 0.15) is 5.82 Å². The van der Waals surface area contributed by atoms with Gasteiger partial charge in [0.15, 0.2) is 11.6 Å².